The maximum absolute atomic E-state index is 12.3. The van der Waals surface area contributed by atoms with Gasteiger partial charge in [0.2, 0.25) is 6.29 Å². The van der Waals surface area contributed by atoms with Crippen LogP contribution in [0.25, 0.3) is 6.08 Å². The van der Waals surface area contributed by atoms with Crippen molar-refractivity contribution in [2.45, 2.75) is 38.5 Å². The number of amides is 1. The third kappa shape index (κ3) is 6.44. The number of benzene rings is 3. The van der Waals surface area contributed by atoms with Gasteiger partial charge in [0.05, 0.1) is 11.2 Å². The van der Waals surface area contributed by atoms with Crippen LogP contribution >= 0.6 is 11.6 Å². The van der Waals surface area contributed by atoms with Crippen LogP contribution in [0, 0.1) is 0 Å². The van der Waals surface area contributed by atoms with Crippen LogP contribution in [-0.2, 0) is 6.42 Å². The summed E-state index contributed by atoms with van der Waals surface area (Å²) in [6.45, 7) is 3.85. The van der Waals surface area contributed by atoms with Crippen LogP contribution in [-0.4, -0.2) is 29.1 Å². The van der Waals surface area contributed by atoms with Crippen molar-refractivity contribution < 1.29 is 19.4 Å². The molecule has 1 aliphatic heterocycles. The molecule has 4 rings (SSSR count). The Morgan fingerprint density at radius 1 is 1.19 bits per heavy atom. The van der Waals surface area contributed by atoms with Crippen molar-refractivity contribution in [3.63, 3.8) is 0 Å². The fourth-order valence-electron chi connectivity index (χ4n) is 3.89. The first-order valence-electron chi connectivity index (χ1n) is 11.5. The highest BCUT2D eigenvalue weighted by Gasteiger charge is 2.24. The molecule has 2 atom stereocenters. The minimum atomic E-state index is -0.455. The predicted molar refractivity (Wildman–Crippen MR) is 142 cm³/mol. The van der Waals surface area contributed by atoms with E-state index < -0.39 is 17.7 Å². The molecule has 7 nitrogen and oxygen atoms in total. The van der Waals surface area contributed by atoms with Gasteiger partial charge in [0.1, 0.15) is 5.75 Å². The number of carbonyl (C=O) groups is 1. The molecule has 0 saturated carbocycles. The normalized spacial score (nSPS) is 16.4. The molecule has 0 bridgehead atoms. The molecule has 1 aliphatic rings. The van der Waals surface area contributed by atoms with E-state index in [4.69, 9.17) is 26.8 Å². The number of hydrogen-bond donors (Lipinski definition) is 3. The molecule has 8 heteroatoms. The smallest absolute Gasteiger partial charge is 0.271 e. The van der Waals surface area contributed by atoms with Crippen molar-refractivity contribution >= 4 is 29.8 Å². The van der Waals surface area contributed by atoms with E-state index in [1.54, 1.807) is 6.07 Å². The molecule has 0 aromatic heterocycles. The largest absolute Gasteiger partial charge is 0.506 e. The molecular weight excluding hydrogens is 478 g/mol. The third-order valence-corrected chi connectivity index (χ3v) is 5.91. The van der Waals surface area contributed by atoms with Gasteiger partial charge in [0.15, 0.2) is 11.5 Å². The number of phenolic OH excluding ortho intramolecular Hbond substituents is 1. The summed E-state index contributed by atoms with van der Waals surface area (Å²) in [4.78, 5) is 12.3. The fourth-order valence-corrected chi connectivity index (χ4v) is 4.07. The number of aromatic hydroxyl groups is 1. The van der Waals surface area contributed by atoms with Crippen LogP contribution in [0.1, 0.15) is 47.3 Å². The Labute approximate surface area is 215 Å². The van der Waals surface area contributed by atoms with Crippen LogP contribution in [0.3, 0.4) is 0 Å². The summed E-state index contributed by atoms with van der Waals surface area (Å²) >= 11 is 5.87. The number of nitrogens with one attached hydrogen (secondary N) is 1. The second-order valence-corrected chi connectivity index (χ2v) is 9.44. The molecular formula is C28H28ClN3O4. The molecule has 2 unspecified atom stereocenters. The molecule has 1 heterocycles. The molecule has 36 heavy (non-hydrogen) atoms. The zero-order chi connectivity index (χ0) is 25.7. The van der Waals surface area contributed by atoms with Crippen molar-refractivity contribution in [1.82, 2.24) is 5.43 Å². The molecule has 4 N–H and O–H groups in total. The van der Waals surface area contributed by atoms with E-state index in [0.29, 0.717) is 17.9 Å². The standard InChI is InChI=1S/C28H28ClN3O4/c1-18-35-25-14-20(17-31-32-27(34)22-10-11-24(33)23(29)15-22)13-21(26(25)36-18)9-6-12-28(2,30)16-19-7-4-3-5-8-19/h3-11,13-15,17-18,33H,12,16,30H2,1-2H3,(H,32,34)/b9-6+,31-17+. The maximum Gasteiger partial charge on any atom is 0.271 e. The first-order valence-corrected chi connectivity index (χ1v) is 11.9. The summed E-state index contributed by atoms with van der Waals surface area (Å²) in [5.41, 5.74) is 11.6. The van der Waals surface area contributed by atoms with Gasteiger partial charge in [0, 0.05) is 23.6 Å². The fraction of sp³-hybridized carbons (Fsp3) is 0.214. The predicted octanol–water partition coefficient (Wildman–Crippen LogP) is 5.29. The van der Waals surface area contributed by atoms with Crippen molar-refractivity contribution in [2.24, 2.45) is 10.8 Å². The summed E-state index contributed by atoms with van der Waals surface area (Å²) in [6.07, 6.45) is 6.53. The van der Waals surface area contributed by atoms with E-state index in [-0.39, 0.29) is 16.3 Å². The average Bonchev–Trinajstić information content (AvgIpc) is 3.21. The number of phenols is 1. The Bertz CT molecular complexity index is 1310. The molecule has 0 radical (unpaired) electrons. The molecule has 3 aromatic rings. The number of ether oxygens (including phenoxy) is 2. The Kier molecular flexibility index (Phi) is 7.62. The molecule has 0 spiro atoms. The third-order valence-electron chi connectivity index (χ3n) is 5.60. The zero-order valence-electron chi connectivity index (χ0n) is 20.1. The van der Waals surface area contributed by atoms with E-state index in [1.165, 1.54) is 30.0 Å². The number of carbonyl (C=O) groups excluding carboxylic acids is 1. The lowest BCUT2D eigenvalue weighted by Crippen LogP contribution is -2.37. The van der Waals surface area contributed by atoms with Crippen LogP contribution < -0.4 is 20.6 Å². The zero-order valence-corrected chi connectivity index (χ0v) is 20.8. The molecule has 0 fully saturated rings. The highest BCUT2D eigenvalue weighted by molar-refractivity contribution is 6.32. The van der Waals surface area contributed by atoms with Gasteiger partial charge in [-0.05, 0) is 61.2 Å². The number of nitrogens with zero attached hydrogens (tertiary/aromatic N) is 1. The van der Waals surface area contributed by atoms with Crippen molar-refractivity contribution in [3.05, 3.63) is 94.0 Å². The van der Waals surface area contributed by atoms with Gasteiger partial charge in [-0.2, -0.15) is 5.10 Å². The first kappa shape index (κ1) is 25.3. The van der Waals surface area contributed by atoms with Crippen LogP contribution in [0.5, 0.6) is 17.2 Å². The summed E-state index contributed by atoms with van der Waals surface area (Å²) < 4.78 is 11.6. The minimum absolute atomic E-state index is 0.0882. The van der Waals surface area contributed by atoms with E-state index in [0.717, 1.165) is 17.5 Å². The van der Waals surface area contributed by atoms with Gasteiger partial charge in [-0.3, -0.25) is 4.79 Å². The summed E-state index contributed by atoms with van der Waals surface area (Å²) in [5, 5.41) is 13.7. The minimum Gasteiger partial charge on any atom is -0.506 e. The van der Waals surface area contributed by atoms with Crippen LogP contribution in [0.15, 0.2) is 71.8 Å². The second-order valence-electron chi connectivity index (χ2n) is 9.03. The number of fused-ring (bicyclic) bond motifs is 1. The Balaban J connectivity index is 1.47. The van der Waals surface area contributed by atoms with Gasteiger partial charge in [-0.15, -0.1) is 0 Å². The number of nitrogens with two attached hydrogens (primary N) is 1. The lowest BCUT2D eigenvalue weighted by molar-refractivity contribution is 0.0677. The molecule has 0 saturated heterocycles. The van der Waals surface area contributed by atoms with Gasteiger partial charge in [-0.25, -0.2) is 5.43 Å². The number of halogens is 1. The number of rotatable bonds is 8. The summed E-state index contributed by atoms with van der Waals surface area (Å²) in [6, 6.07) is 18.0. The lowest BCUT2D eigenvalue weighted by atomic mass is 9.90. The maximum atomic E-state index is 12.3. The molecule has 1 amide bonds. The van der Waals surface area contributed by atoms with Crippen molar-refractivity contribution in [1.29, 1.82) is 0 Å². The molecule has 0 aliphatic carbocycles. The van der Waals surface area contributed by atoms with Gasteiger partial charge < -0.3 is 20.3 Å². The van der Waals surface area contributed by atoms with E-state index in [1.807, 2.05) is 50.3 Å². The number of hydrazone groups is 1. The lowest BCUT2D eigenvalue weighted by Gasteiger charge is -2.23. The second kappa shape index (κ2) is 10.8. The molecule has 3 aromatic carbocycles. The van der Waals surface area contributed by atoms with Crippen LogP contribution in [0.2, 0.25) is 5.02 Å². The Morgan fingerprint density at radius 2 is 1.97 bits per heavy atom. The van der Waals surface area contributed by atoms with Crippen molar-refractivity contribution in [2.75, 3.05) is 0 Å². The van der Waals surface area contributed by atoms with Gasteiger partial charge in [-0.1, -0.05) is 54.1 Å². The van der Waals surface area contributed by atoms with Gasteiger partial charge in [0.25, 0.3) is 5.91 Å². The number of hydrogen-bond acceptors (Lipinski definition) is 6. The topological polar surface area (TPSA) is 106 Å². The highest BCUT2D eigenvalue weighted by Crippen LogP contribution is 2.39. The van der Waals surface area contributed by atoms with Gasteiger partial charge >= 0.3 is 0 Å². The quantitative estimate of drug-likeness (QED) is 0.285. The van der Waals surface area contributed by atoms with Crippen LogP contribution in [0.4, 0.5) is 0 Å². The Morgan fingerprint density at radius 3 is 2.72 bits per heavy atom. The molecule has 186 valence electrons. The summed E-state index contributed by atoms with van der Waals surface area (Å²) in [7, 11) is 0. The van der Waals surface area contributed by atoms with Crippen molar-refractivity contribution in [3.8, 4) is 17.2 Å². The monoisotopic (exact) mass is 505 g/mol. The van der Waals surface area contributed by atoms with E-state index in [9.17, 15) is 9.90 Å². The SMILES string of the molecule is CC1Oc2cc(/C=N/NC(=O)c3ccc(O)c(Cl)c3)cc(/C=C/CC(C)(N)Cc3ccccc3)c2O1. The highest BCUT2D eigenvalue weighted by atomic mass is 35.5. The first-order chi connectivity index (χ1) is 17.2. The Hall–Kier alpha value is -3.81. The summed E-state index contributed by atoms with van der Waals surface area (Å²) in [5.74, 6) is 0.702. The van der Waals surface area contributed by atoms with E-state index in [2.05, 4.69) is 22.7 Å². The average molecular weight is 506 g/mol. The van der Waals surface area contributed by atoms with E-state index >= 15 is 0 Å².